The Morgan fingerprint density at radius 2 is 1.64 bits per heavy atom. The van der Waals surface area contributed by atoms with Gasteiger partial charge in [0.2, 0.25) is 12.7 Å². The van der Waals surface area contributed by atoms with Gasteiger partial charge in [0.15, 0.2) is 11.5 Å². The van der Waals surface area contributed by atoms with Crippen LogP contribution in [-0.2, 0) is 0 Å². The van der Waals surface area contributed by atoms with Crippen molar-refractivity contribution in [3.8, 4) is 11.5 Å². The van der Waals surface area contributed by atoms with Gasteiger partial charge in [-0.25, -0.2) is 9.97 Å². The monoisotopic (exact) mass is 376 g/mol. The molecular weight excluding hydrogens is 356 g/mol. The molecule has 0 saturated carbocycles. The predicted molar refractivity (Wildman–Crippen MR) is 106 cm³/mol. The molecule has 0 aliphatic carbocycles. The van der Waals surface area contributed by atoms with E-state index in [0.717, 1.165) is 16.8 Å². The van der Waals surface area contributed by atoms with Gasteiger partial charge in [-0.2, -0.15) is 0 Å². The van der Waals surface area contributed by atoms with Gasteiger partial charge in [-0.1, -0.05) is 6.07 Å². The van der Waals surface area contributed by atoms with Crippen LogP contribution in [0.2, 0.25) is 0 Å². The van der Waals surface area contributed by atoms with E-state index in [1.807, 2.05) is 32.9 Å². The van der Waals surface area contributed by atoms with E-state index in [4.69, 9.17) is 9.47 Å². The number of carbonyl (C=O) groups excluding carboxylic acids is 1. The molecule has 28 heavy (non-hydrogen) atoms. The summed E-state index contributed by atoms with van der Waals surface area (Å²) in [5.41, 5.74) is 4.72. The Morgan fingerprint density at radius 3 is 2.43 bits per heavy atom. The van der Waals surface area contributed by atoms with Crippen molar-refractivity contribution in [2.45, 2.75) is 20.8 Å². The summed E-state index contributed by atoms with van der Waals surface area (Å²) >= 11 is 0. The summed E-state index contributed by atoms with van der Waals surface area (Å²) in [6.07, 6.45) is 0. The smallest absolute Gasteiger partial charge is 0.274 e. The highest BCUT2D eigenvalue weighted by Crippen LogP contribution is 2.34. The standard InChI is InChI=1S/C21H20N4O3/c1-12-6-13(2)8-16(7-12)24-21-22-14(3)9-17(25-21)20(26)23-15-4-5-18-19(10-15)28-11-27-18/h4-10H,11H2,1-3H3,(H,23,26)(H,22,24,25). The number of carbonyl (C=O) groups is 1. The second-order valence-corrected chi connectivity index (χ2v) is 6.74. The molecule has 142 valence electrons. The molecule has 3 aromatic rings. The van der Waals surface area contributed by atoms with Crippen LogP contribution in [0.15, 0.2) is 42.5 Å². The first kappa shape index (κ1) is 17.8. The number of anilines is 3. The number of rotatable bonds is 4. The van der Waals surface area contributed by atoms with Crippen LogP contribution in [0.3, 0.4) is 0 Å². The fraction of sp³-hybridized carbons (Fsp3) is 0.190. The second kappa shape index (κ2) is 7.19. The number of nitrogens with one attached hydrogen (secondary N) is 2. The molecule has 0 spiro atoms. The largest absolute Gasteiger partial charge is 0.454 e. The average Bonchev–Trinajstić information content (AvgIpc) is 3.08. The fourth-order valence-electron chi connectivity index (χ4n) is 3.09. The maximum absolute atomic E-state index is 12.7. The molecule has 0 fully saturated rings. The SMILES string of the molecule is Cc1cc(C)cc(Nc2nc(C)cc(C(=O)Nc3ccc4c(c3)OCO4)n2)c1. The minimum atomic E-state index is -0.326. The number of hydrogen-bond acceptors (Lipinski definition) is 6. The summed E-state index contributed by atoms with van der Waals surface area (Å²) < 4.78 is 10.6. The zero-order valence-electron chi connectivity index (χ0n) is 15.9. The molecule has 1 amide bonds. The van der Waals surface area contributed by atoms with Crippen molar-refractivity contribution in [1.82, 2.24) is 9.97 Å². The maximum Gasteiger partial charge on any atom is 0.274 e. The van der Waals surface area contributed by atoms with E-state index in [1.165, 1.54) is 0 Å². The number of ether oxygens (including phenoxy) is 2. The Morgan fingerprint density at radius 1 is 0.893 bits per heavy atom. The van der Waals surface area contributed by atoms with Crippen molar-refractivity contribution in [1.29, 1.82) is 0 Å². The van der Waals surface area contributed by atoms with Crippen molar-refractivity contribution in [3.63, 3.8) is 0 Å². The fourth-order valence-corrected chi connectivity index (χ4v) is 3.09. The molecule has 1 aromatic heterocycles. The quantitative estimate of drug-likeness (QED) is 0.712. The molecule has 0 saturated heterocycles. The summed E-state index contributed by atoms with van der Waals surface area (Å²) in [4.78, 5) is 21.4. The van der Waals surface area contributed by atoms with E-state index in [1.54, 1.807) is 24.3 Å². The molecule has 2 heterocycles. The molecule has 1 aliphatic heterocycles. The van der Waals surface area contributed by atoms with E-state index in [2.05, 4.69) is 26.7 Å². The van der Waals surface area contributed by atoms with Crippen molar-refractivity contribution in [2.24, 2.45) is 0 Å². The number of benzene rings is 2. The van der Waals surface area contributed by atoms with E-state index in [-0.39, 0.29) is 18.4 Å². The zero-order chi connectivity index (χ0) is 19.7. The van der Waals surface area contributed by atoms with Gasteiger partial charge in [-0.3, -0.25) is 4.79 Å². The molecule has 4 rings (SSSR count). The Kier molecular flexibility index (Phi) is 4.57. The number of nitrogens with zero attached hydrogens (tertiary/aromatic N) is 2. The van der Waals surface area contributed by atoms with E-state index >= 15 is 0 Å². The van der Waals surface area contributed by atoms with Crippen molar-refractivity contribution in [2.75, 3.05) is 17.4 Å². The first-order valence-electron chi connectivity index (χ1n) is 8.88. The van der Waals surface area contributed by atoms with Gasteiger partial charge in [0.05, 0.1) is 0 Å². The summed E-state index contributed by atoms with van der Waals surface area (Å²) in [6, 6.07) is 13.0. The third-order valence-corrected chi connectivity index (χ3v) is 4.20. The van der Waals surface area contributed by atoms with E-state index in [9.17, 15) is 4.79 Å². The van der Waals surface area contributed by atoms with Crippen molar-refractivity contribution < 1.29 is 14.3 Å². The molecule has 2 N–H and O–H groups in total. The average molecular weight is 376 g/mol. The van der Waals surface area contributed by atoms with Gasteiger partial charge in [0.1, 0.15) is 5.69 Å². The first-order valence-corrected chi connectivity index (χ1v) is 8.88. The van der Waals surface area contributed by atoms with Crippen LogP contribution >= 0.6 is 0 Å². The molecular formula is C21H20N4O3. The Balaban J connectivity index is 1.55. The van der Waals surface area contributed by atoms with Gasteiger partial charge in [0.25, 0.3) is 5.91 Å². The number of aryl methyl sites for hydroxylation is 3. The summed E-state index contributed by atoms with van der Waals surface area (Å²) in [5, 5.41) is 6.01. The van der Waals surface area contributed by atoms with Crippen LogP contribution < -0.4 is 20.1 Å². The highest BCUT2D eigenvalue weighted by Gasteiger charge is 2.16. The lowest BCUT2D eigenvalue weighted by molar-refractivity contribution is 0.102. The molecule has 7 nitrogen and oxygen atoms in total. The first-order chi connectivity index (χ1) is 13.5. The topological polar surface area (TPSA) is 85.4 Å². The van der Waals surface area contributed by atoms with Crippen molar-refractivity contribution in [3.05, 3.63) is 65.0 Å². The highest BCUT2D eigenvalue weighted by molar-refractivity contribution is 6.03. The summed E-state index contributed by atoms with van der Waals surface area (Å²) in [5.74, 6) is 1.32. The summed E-state index contributed by atoms with van der Waals surface area (Å²) in [6.45, 7) is 6.07. The van der Waals surface area contributed by atoms with Crippen LogP contribution in [0.4, 0.5) is 17.3 Å². The number of fused-ring (bicyclic) bond motifs is 1. The Labute approximate surface area is 162 Å². The van der Waals surface area contributed by atoms with Crippen molar-refractivity contribution >= 4 is 23.2 Å². The predicted octanol–water partition coefficient (Wildman–Crippen LogP) is 4.13. The zero-order valence-corrected chi connectivity index (χ0v) is 15.9. The molecule has 1 aliphatic rings. The molecule has 0 unspecified atom stereocenters. The number of aromatic nitrogens is 2. The van der Waals surface area contributed by atoms with Gasteiger partial charge in [-0.05, 0) is 62.2 Å². The molecule has 0 bridgehead atoms. The second-order valence-electron chi connectivity index (χ2n) is 6.74. The molecule has 7 heteroatoms. The third-order valence-electron chi connectivity index (χ3n) is 4.20. The van der Waals surface area contributed by atoms with Crippen LogP contribution in [0.5, 0.6) is 11.5 Å². The van der Waals surface area contributed by atoms with Gasteiger partial charge in [-0.15, -0.1) is 0 Å². The molecule has 0 atom stereocenters. The normalized spacial score (nSPS) is 12.0. The minimum Gasteiger partial charge on any atom is -0.454 e. The Hall–Kier alpha value is -3.61. The van der Waals surface area contributed by atoms with Crippen LogP contribution in [0, 0.1) is 20.8 Å². The van der Waals surface area contributed by atoms with E-state index < -0.39 is 0 Å². The summed E-state index contributed by atoms with van der Waals surface area (Å²) in [7, 11) is 0. The van der Waals surface area contributed by atoms with Crippen LogP contribution in [0.25, 0.3) is 0 Å². The van der Waals surface area contributed by atoms with Crippen LogP contribution in [0.1, 0.15) is 27.3 Å². The lowest BCUT2D eigenvalue weighted by Crippen LogP contribution is -2.15. The third kappa shape index (κ3) is 3.88. The van der Waals surface area contributed by atoms with Gasteiger partial charge >= 0.3 is 0 Å². The highest BCUT2D eigenvalue weighted by atomic mass is 16.7. The molecule has 0 radical (unpaired) electrons. The lowest BCUT2D eigenvalue weighted by Gasteiger charge is -2.10. The van der Waals surface area contributed by atoms with E-state index in [0.29, 0.717) is 28.8 Å². The number of hydrogen-bond donors (Lipinski definition) is 2. The number of amides is 1. The van der Waals surface area contributed by atoms with Gasteiger partial charge in [0, 0.05) is 23.1 Å². The Bertz CT molecular complexity index is 1050. The molecule has 2 aromatic carbocycles. The lowest BCUT2D eigenvalue weighted by atomic mass is 10.1. The van der Waals surface area contributed by atoms with Crippen LogP contribution in [-0.4, -0.2) is 22.7 Å². The minimum absolute atomic E-state index is 0.186. The maximum atomic E-state index is 12.7. The van der Waals surface area contributed by atoms with Gasteiger partial charge < -0.3 is 20.1 Å².